The van der Waals surface area contributed by atoms with Crippen LogP contribution in [0, 0.1) is 0 Å². The topological polar surface area (TPSA) is 92.5 Å². The van der Waals surface area contributed by atoms with Crippen LogP contribution in [-0.2, 0) is 30.8 Å². The van der Waals surface area contributed by atoms with E-state index < -0.39 is 0 Å². The number of aromatic hydroxyl groups is 1. The van der Waals surface area contributed by atoms with Crippen LogP contribution in [0.1, 0.15) is 31.1 Å². The smallest absolute Gasteiger partial charge is 0.217 e. The number of hydrogen-bond acceptors (Lipinski definition) is 6. The molecule has 2 aromatic rings. The maximum atomic E-state index is 11.1. The lowest BCUT2D eigenvalue weighted by molar-refractivity contribution is -0.119. The molecule has 140 valence electrons. The van der Waals surface area contributed by atoms with E-state index in [0.29, 0.717) is 18.9 Å². The second kappa shape index (κ2) is 8.18. The minimum Gasteiger partial charge on any atom is -0.504 e. The molecule has 0 bridgehead atoms. The van der Waals surface area contributed by atoms with Gasteiger partial charge in [-0.15, -0.1) is 10.2 Å². The normalized spacial score (nSPS) is 14.5. The van der Waals surface area contributed by atoms with Crippen molar-refractivity contribution in [2.24, 2.45) is 0 Å². The average Bonchev–Trinajstić information content (AvgIpc) is 2.89. The molecular formula is C18H25N5O3. The molecule has 0 fully saturated rings. The van der Waals surface area contributed by atoms with E-state index in [0.717, 1.165) is 49.8 Å². The second-order valence-corrected chi connectivity index (χ2v) is 6.36. The van der Waals surface area contributed by atoms with Crippen molar-refractivity contribution in [3.8, 4) is 11.5 Å². The van der Waals surface area contributed by atoms with E-state index in [1.165, 1.54) is 6.92 Å². The summed E-state index contributed by atoms with van der Waals surface area (Å²) < 4.78 is 7.56. The largest absolute Gasteiger partial charge is 0.504 e. The Labute approximate surface area is 152 Å². The van der Waals surface area contributed by atoms with Crippen LogP contribution in [0.15, 0.2) is 18.2 Å². The van der Waals surface area contributed by atoms with Gasteiger partial charge in [-0.05, 0) is 24.6 Å². The Hall–Kier alpha value is -2.61. The Morgan fingerprint density at radius 1 is 1.31 bits per heavy atom. The molecule has 1 aliphatic heterocycles. The van der Waals surface area contributed by atoms with Gasteiger partial charge in [-0.1, -0.05) is 6.07 Å². The summed E-state index contributed by atoms with van der Waals surface area (Å²) in [6.07, 6.45) is 0.809. The van der Waals surface area contributed by atoms with Crippen LogP contribution in [0.4, 0.5) is 0 Å². The van der Waals surface area contributed by atoms with Crippen molar-refractivity contribution >= 4 is 5.91 Å². The summed E-state index contributed by atoms with van der Waals surface area (Å²) >= 11 is 0. The molecule has 3 rings (SSSR count). The van der Waals surface area contributed by atoms with Gasteiger partial charge in [0.15, 0.2) is 17.3 Å². The van der Waals surface area contributed by atoms with Gasteiger partial charge < -0.3 is 19.7 Å². The molecule has 0 aliphatic carbocycles. The molecule has 8 nitrogen and oxygen atoms in total. The first-order chi connectivity index (χ1) is 12.6. The van der Waals surface area contributed by atoms with Crippen molar-refractivity contribution in [1.82, 2.24) is 25.0 Å². The van der Waals surface area contributed by atoms with Crippen molar-refractivity contribution in [3.63, 3.8) is 0 Å². The number of amides is 1. The highest BCUT2D eigenvalue weighted by Gasteiger charge is 2.19. The average molecular weight is 359 g/mol. The SMILES string of the molecule is CCOc1cc(CN2CCc3nnc(CNC(C)=O)n3CC2)ccc1O. The van der Waals surface area contributed by atoms with Crippen LogP contribution < -0.4 is 10.1 Å². The molecule has 1 aromatic carbocycles. The fraction of sp³-hybridized carbons (Fsp3) is 0.500. The quantitative estimate of drug-likeness (QED) is 0.802. The van der Waals surface area contributed by atoms with Gasteiger partial charge in [0.1, 0.15) is 5.82 Å². The van der Waals surface area contributed by atoms with Crippen LogP contribution in [-0.4, -0.2) is 50.4 Å². The molecule has 0 radical (unpaired) electrons. The number of carbonyl (C=O) groups excluding carboxylic acids is 1. The molecule has 1 amide bonds. The summed E-state index contributed by atoms with van der Waals surface area (Å²) in [6, 6.07) is 5.50. The van der Waals surface area contributed by atoms with Gasteiger partial charge in [0.2, 0.25) is 5.91 Å². The van der Waals surface area contributed by atoms with Crippen LogP contribution in [0.3, 0.4) is 0 Å². The number of carbonyl (C=O) groups is 1. The summed E-state index contributed by atoms with van der Waals surface area (Å²) in [7, 11) is 0. The summed E-state index contributed by atoms with van der Waals surface area (Å²) in [5.41, 5.74) is 1.10. The third-order valence-corrected chi connectivity index (χ3v) is 4.42. The molecule has 2 N–H and O–H groups in total. The maximum Gasteiger partial charge on any atom is 0.217 e. The van der Waals surface area contributed by atoms with Crippen molar-refractivity contribution in [2.45, 2.75) is 39.9 Å². The minimum atomic E-state index is -0.0740. The van der Waals surface area contributed by atoms with E-state index >= 15 is 0 Å². The highest BCUT2D eigenvalue weighted by molar-refractivity contribution is 5.72. The maximum absolute atomic E-state index is 11.1. The minimum absolute atomic E-state index is 0.0740. The number of benzene rings is 1. The molecule has 0 spiro atoms. The van der Waals surface area contributed by atoms with Crippen molar-refractivity contribution in [1.29, 1.82) is 0 Å². The molecule has 0 saturated heterocycles. The number of hydrogen-bond donors (Lipinski definition) is 2. The van der Waals surface area contributed by atoms with E-state index in [9.17, 15) is 9.90 Å². The first-order valence-corrected chi connectivity index (χ1v) is 8.89. The van der Waals surface area contributed by atoms with Gasteiger partial charge in [-0.2, -0.15) is 0 Å². The Morgan fingerprint density at radius 3 is 2.92 bits per heavy atom. The molecule has 26 heavy (non-hydrogen) atoms. The van der Waals surface area contributed by atoms with Gasteiger partial charge in [0.05, 0.1) is 13.2 Å². The van der Waals surface area contributed by atoms with E-state index in [2.05, 4.69) is 25.0 Å². The fourth-order valence-corrected chi connectivity index (χ4v) is 3.11. The lowest BCUT2D eigenvalue weighted by atomic mass is 10.2. The first kappa shape index (κ1) is 18.2. The van der Waals surface area contributed by atoms with E-state index in [4.69, 9.17) is 4.74 Å². The lowest BCUT2D eigenvalue weighted by Crippen LogP contribution is -2.27. The van der Waals surface area contributed by atoms with Crippen LogP contribution in [0.5, 0.6) is 11.5 Å². The highest BCUT2D eigenvalue weighted by Crippen LogP contribution is 2.27. The van der Waals surface area contributed by atoms with Crippen molar-refractivity contribution in [2.75, 3.05) is 19.7 Å². The Morgan fingerprint density at radius 2 is 2.15 bits per heavy atom. The van der Waals surface area contributed by atoms with Crippen LogP contribution in [0.25, 0.3) is 0 Å². The number of phenolic OH excluding ortho intramolecular Hbond substituents is 1. The standard InChI is InChI=1S/C18H25N5O3/c1-3-26-16-10-14(4-5-15(16)25)12-22-7-6-17-20-21-18(11-19-13(2)24)23(17)9-8-22/h4-5,10,25H,3,6-9,11-12H2,1-2H3,(H,19,24). The van der Waals surface area contributed by atoms with Gasteiger partial charge in [-0.3, -0.25) is 9.69 Å². The van der Waals surface area contributed by atoms with Gasteiger partial charge >= 0.3 is 0 Å². The van der Waals surface area contributed by atoms with Crippen molar-refractivity contribution in [3.05, 3.63) is 35.4 Å². The Kier molecular flexibility index (Phi) is 5.72. The molecular weight excluding hydrogens is 334 g/mol. The Balaban J connectivity index is 1.64. The van der Waals surface area contributed by atoms with Crippen LogP contribution >= 0.6 is 0 Å². The zero-order valence-electron chi connectivity index (χ0n) is 15.2. The fourth-order valence-electron chi connectivity index (χ4n) is 3.11. The molecule has 0 atom stereocenters. The lowest BCUT2D eigenvalue weighted by Gasteiger charge is -2.20. The number of nitrogens with one attached hydrogen (secondary N) is 1. The Bertz CT molecular complexity index is 774. The number of aromatic nitrogens is 3. The molecule has 1 aliphatic rings. The first-order valence-electron chi connectivity index (χ1n) is 8.89. The summed E-state index contributed by atoms with van der Waals surface area (Å²) in [4.78, 5) is 13.5. The highest BCUT2D eigenvalue weighted by atomic mass is 16.5. The third kappa shape index (κ3) is 4.32. The van der Waals surface area contributed by atoms with Gasteiger partial charge in [0, 0.05) is 39.5 Å². The van der Waals surface area contributed by atoms with Crippen LogP contribution in [0.2, 0.25) is 0 Å². The van der Waals surface area contributed by atoms with Gasteiger partial charge in [-0.25, -0.2) is 0 Å². The summed E-state index contributed by atoms with van der Waals surface area (Å²) in [5.74, 6) is 2.36. The summed E-state index contributed by atoms with van der Waals surface area (Å²) in [6.45, 7) is 7.62. The number of ether oxygens (including phenoxy) is 1. The number of nitrogens with zero attached hydrogens (tertiary/aromatic N) is 4. The predicted octanol–water partition coefficient (Wildman–Crippen LogP) is 1.08. The molecule has 8 heteroatoms. The zero-order valence-corrected chi connectivity index (χ0v) is 15.2. The monoisotopic (exact) mass is 359 g/mol. The molecule has 2 heterocycles. The molecule has 1 aromatic heterocycles. The number of rotatable bonds is 6. The van der Waals surface area contributed by atoms with E-state index in [-0.39, 0.29) is 11.7 Å². The van der Waals surface area contributed by atoms with E-state index in [1.807, 2.05) is 19.1 Å². The van der Waals surface area contributed by atoms with Gasteiger partial charge in [0.25, 0.3) is 0 Å². The second-order valence-electron chi connectivity index (χ2n) is 6.36. The molecule has 0 unspecified atom stereocenters. The van der Waals surface area contributed by atoms with Crippen molar-refractivity contribution < 1.29 is 14.6 Å². The zero-order chi connectivity index (χ0) is 18.5. The predicted molar refractivity (Wildman–Crippen MR) is 95.8 cm³/mol. The molecule has 0 saturated carbocycles. The summed E-state index contributed by atoms with van der Waals surface area (Å²) in [5, 5.41) is 21.1. The number of fused-ring (bicyclic) bond motifs is 1. The third-order valence-electron chi connectivity index (χ3n) is 4.42. The van der Waals surface area contributed by atoms with E-state index in [1.54, 1.807) is 6.07 Å². The number of phenols is 1.